The fourth-order valence-electron chi connectivity index (χ4n) is 7.10. The molecule has 1 saturated heterocycles. The SMILES string of the molecule is CC(C)CC(NC(=O)C(Cc1ccccc1)NC(=O)C(CC(C)C)NC(=O)C(Cc1cnc[nH]1)NC(=O)C(CCCCN)NC(=O)C1CCCN1C(=O)C(N)C(C)O)C(=O)O. The zero-order valence-corrected chi connectivity index (χ0v) is 35.9. The Morgan fingerprint density at radius 3 is 1.90 bits per heavy atom. The van der Waals surface area contributed by atoms with Crippen LogP contribution in [0.15, 0.2) is 42.9 Å². The van der Waals surface area contributed by atoms with Crippen molar-refractivity contribution in [3.8, 4) is 0 Å². The zero-order valence-electron chi connectivity index (χ0n) is 35.9. The number of carbonyl (C=O) groups is 7. The van der Waals surface area contributed by atoms with Crippen LogP contribution in [0.5, 0.6) is 0 Å². The van der Waals surface area contributed by atoms with E-state index in [0.29, 0.717) is 43.5 Å². The minimum atomic E-state index is -1.28. The molecular weight excluding hydrogens is 789 g/mol. The van der Waals surface area contributed by atoms with E-state index in [1.165, 1.54) is 24.3 Å². The number of aromatic amines is 1. The van der Waals surface area contributed by atoms with Crippen LogP contribution in [0.4, 0.5) is 0 Å². The van der Waals surface area contributed by atoms with Crippen LogP contribution in [0.25, 0.3) is 0 Å². The molecule has 8 atom stereocenters. The molecule has 1 aromatic heterocycles. The van der Waals surface area contributed by atoms with Crippen molar-refractivity contribution in [1.82, 2.24) is 41.5 Å². The van der Waals surface area contributed by atoms with Crippen molar-refractivity contribution in [2.45, 2.75) is 141 Å². The highest BCUT2D eigenvalue weighted by molar-refractivity contribution is 5.97. The van der Waals surface area contributed by atoms with Gasteiger partial charge in [-0.2, -0.15) is 0 Å². The number of likely N-dealkylation sites (tertiary alicyclic amines) is 1. The van der Waals surface area contributed by atoms with E-state index in [2.05, 4.69) is 36.6 Å². The van der Waals surface area contributed by atoms with Crippen molar-refractivity contribution in [1.29, 1.82) is 0 Å². The van der Waals surface area contributed by atoms with Gasteiger partial charge < -0.3 is 58.1 Å². The van der Waals surface area contributed by atoms with Gasteiger partial charge in [0.2, 0.25) is 35.4 Å². The van der Waals surface area contributed by atoms with Crippen LogP contribution in [-0.2, 0) is 46.4 Å². The van der Waals surface area contributed by atoms with Crippen molar-refractivity contribution >= 4 is 41.4 Å². The number of nitrogens with two attached hydrogens (primary N) is 2. The Balaban J connectivity index is 1.87. The third-order valence-electron chi connectivity index (χ3n) is 10.4. The molecule has 0 bridgehead atoms. The van der Waals surface area contributed by atoms with E-state index in [0.717, 1.165) is 0 Å². The van der Waals surface area contributed by atoms with Crippen molar-refractivity contribution < 1.29 is 43.8 Å². The highest BCUT2D eigenvalue weighted by atomic mass is 16.4. The van der Waals surface area contributed by atoms with Gasteiger partial charge in [0.05, 0.1) is 12.4 Å². The fraction of sp³-hybridized carbons (Fsp3) is 0.619. The number of carboxylic acid groups (broad SMARTS) is 1. The summed E-state index contributed by atoms with van der Waals surface area (Å²) in [6, 6.07) is 0.706. The number of rotatable bonds is 25. The van der Waals surface area contributed by atoms with E-state index in [9.17, 15) is 43.8 Å². The van der Waals surface area contributed by atoms with Gasteiger partial charge in [-0.25, -0.2) is 9.78 Å². The number of benzene rings is 1. The summed E-state index contributed by atoms with van der Waals surface area (Å²) in [6.07, 6.45) is 3.97. The number of aliphatic hydroxyl groups is 1. The maximum Gasteiger partial charge on any atom is 0.326 e. The number of imidazole rings is 1. The molecule has 0 spiro atoms. The lowest BCUT2D eigenvalue weighted by molar-refractivity contribution is -0.142. The first-order chi connectivity index (χ1) is 28.9. The molecule has 3 rings (SSSR count). The Kier molecular flexibility index (Phi) is 20.3. The van der Waals surface area contributed by atoms with Crippen molar-refractivity contribution in [3.63, 3.8) is 0 Å². The Hall–Kier alpha value is -5.40. The molecule has 0 aliphatic carbocycles. The molecule has 0 radical (unpaired) electrons. The Morgan fingerprint density at radius 2 is 1.34 bits per heavy atom. The maximum atomic E-state index is 14.2. The largest absolute Gasteiger partial charge is 0.480 e. The third-order valence-corrected chi connectivity index (χ3v) is 10.4. The van der Waals surface area contributed by atoms with E-state index < -0.39 is 89.8 Å². The predicted octanol–water partition coefficient (Wildman–Crippen LogP) is -0.376. The second kappa shape index (κ2) is 24.8. The highest BCUT2D eigenvalue weighted by Crippen LogP contribution is 2.20. The Morgan fingerprint density at radius 1 is 0.787 bits per heavy atom. The van der Waals surface area contributed by atoms with Crippen LogP contribution in [0.1, 0.15) is 90.8 Å². The minimum Gasteiger partial charge on any atom is -0.480 e. The normalized spacial score (nSPS) is 17.3. The zero-order chi connectivity index (χ0) is 45.2. The van der Waals surface area contributed by atoms with Gasteiger partial charge in [-0.1, -0.05) is 58.0 Å². The number of aliphatic carboxylic acids is 1. The van der Waals surface area contributed by atoms with Crippen LogP contribution in [0.3, 0.4) is 0 Å². The standard InChI is InChI=1S/C42H66N10O9/c1-24(2)18-30(37(55)49-31(20-27-12-7-6-8-13-27)38(56)51-33(42(60)61)19-25(3)4)48-39(57)32(21-28-22-45-23-46-28)50-36(54)29(14-9-10-16-43)47-40(58)34-15-11-17-52(34)41(59)35(44)26(5)53/h6-8,12-13,22-26,29-35,53H,9-11,14-21,43-44H2,1-5H3,(H,45,46)(H,47,58)(H,48,57)(H,49,55)(H,50,54)(H,51,56)(H,60,61). The number of hydrogen-bond acceptors (Lipinski definition) is 11. The van der Waals surface area contributed by atoms with E-state index in [1.54, 1.807) is 30.3 Å². The summed E-state index contributed by atoms with van der Waals surface area (Å²) < 4.78 is 0. The first-order valence-electron chi connectivity index (χ1n) is 21.1. The van der Waals surface area contributed by atoms with E-state index in [4.69, 9.17) is 11.5 Å². The number of hydrogen-bond donors (Lipinski definition) is 10. The van der Waals surface area contributed by atoms with Gasteiger partial charge in [-0.3, -0.25) is 28.8 Å². The number of carboxylic acids is 1. The molecule has 0 saturated carbocycles. The number of nitrogens with one attached hydrogen (secondary N) is 6. The average Bonchev–Trinajstić information content (AvgIpc) is 3.92. The molecule has 6 amide bonds. The molecule has 1 aliphatic rings. The number of aromatic nitrogens is 2. The van der Waals surface area contributed by atoms with Gasteiger partial charge in [-0.15, -0.1) is 0 Å². The third kappa shape index (κ3) is 16.2. The summed E-state index contributed by atoms with van der Waals surface area (Å²) in [5.74, 6) is -5.39. The molecule has 2 aromatic rings. The number of unbranched alkanes of at least 4 members (excludes halogenated alkanes) is 1. The first-order valence-corrected chi connectivity index (χ1v) is 21.1. The second-order valence-electron chi connectivity index (χ2n) is 16.6. The molecule has 8 unspecified atom stereocenters. The van der Waals surface area contributed by atoms with Crippen LogP contribution in [0, 0.1) is 11.8 Å². The van der Waals surface area contributed by atoms with Crippen LogP contribution >= 0.6 is 0 Å². The van der Waals surface area contributed by atoms with Crippen molar-refractivity contribution in [3.05, 3.63) is 54.1 Å². The summed E-state index contributed by atoms with van der Waals surface area (Å²) in [5.41, 5.74) is 12.8. The Bertz CT molecular complexity index is 1740. The quantitative estimate of drug-likeness (QED) is 0.0572. The molecule has 1 aliphatic heterocycles. The van der Waals surface area contributed by atoms with Gasteiger partial charge in [0.15, 0.2) is 0 Å². The number of H-pyrrole nitrogens is 1. The Labute approximate surface area is 357 Å². The highest BCUT2D eigenvalue weighted by Gasteiger charge is 2.39. The lowest BCUT2D eigenvalue weighted by Crippen LogP contribution is -2.60. The topological polar surface area (TPSA) is 304 Å². The van der Waals surface area contributed by atoms with Crippen LogP contribution in [0.2, 0.25) is 0 Å². The van der Waals surface area contributed by atoms with E-state index in [1.807, 2.05) is 27.7 Å². The molecule has 19 heteroatoms. The lowest BCUT2D eigenvalue weighted by atomic mass is 9.99. The molecule has 61 heavy (non-hydrogen) atoms. The predicted molar refractivity (Wildman–Crippen MR) is 226 cm³/mol. The number of carbonyl (C=O) groups excluding carboxylic acids is 6. The van der Waals surface area contributed by atoms with Gasteiger partial charge in [0.1, 0.15) is 42.3 Å². The number of nitrogens with zero attached hydrogens (tertiary/aromatic N) is 2. The van der Waals surface area contributed by atoms with Crippen LogP contribution in [-0.4, -0.2) is 128 Å². The number of amides is 6. The molecule has 338 valence electrons. The van der Waals surface area contributed by atoms with Gasteiger partial charge in [-0.05, 0) is 75.8 Å². The van der Waals surface area contributed by atoms with Crippen molar-refractivity contribution in [2.24, 2.45) is 23.3 Å². The molecular formula is C42H66N10O9. The smallest absolute Gasteiger partial charge is 0.326 e. The van der Waals surface area contributed by atoms with Gasteiger partial charge in [0, 0.05) is 31.3 Å². The molecule has 19 nitrogen and oxygen atoms in total. The van der Waals surface area contributed by atoms with Crippen molar-refractivity contribution in [2.75, 3.05) is 13.1 Å². The minimum absolute atomic E-state index is 0.0324. The summed E-state index contributed by atoms with van der Waals surface area (Å²) in [6.45, 7) is 9.32. The summed E-state index contributed by atoms with van der Waals surface area (Å²) in [5, 5.41) is 33.3. The van der Waals surface area contributed by atoms with Gasteiger partial charge in [0.25, 0.3) is 0 Å². The monoisotopic (exact) mass is 855 g/mol. The molecule has 2 heterocycles. The number of aliphatic hydroxyl groups excluding tert-OH is 1. The van der Waals surface area contributed by atoms with Crippen LogP contribution < -0.4 is 38.1 Å². The molecule has 1 fully saturated rings. The maximum absolute atomic E-state index is 14.2. The summed E-state index contributed by atoms with van der Waals surface area (Å²) in [7, 11) is 0. The first kappa shape index (κ1) is 50.0. The second-order valence-corrected chi connectivity index (χ2v) is 16.6. The summed E-state index contributed by atoms with van der Waals surface area (Å²) >= 11 is 0. The lowest BCUT2D eigenvalue weighted by Gasteiger charge is -2.30. The fourth-order valence-corrected chi connectivity index (χ4v) is 7.10. The van der Waals surface area contributed by atoms with E-state index in [-0.39, 0.29) is 50.5 Å². The van der Waals surface area contributed by atoms with E-state index >= 15 is 0 Å². The molecule has 12 N–H and O–H groups in total. The molecule has 1 aromatic carbocycles. The summed E-state index contributed by atoms with van der Waals surface area (Å²) in [4.78, 5) is 103. The van der Waals surface area contributed by atoms with Gasteiger partial charge >= 0.3 is 5.97 Å². The average molecular weight is 855 g/mol.